The van der Waals surface area contributed by atoms with E-state index in [1.807, 2.05) is 36.4 Å². The lowest BCUT2D eigenvalue weighted by Gasteiger charge is -2.42. The molecule has 3 aromatic rings. The quantitative estimate of drug-likeness (QED) is 0.518. The second-order valence-corrected chi connectivity index (χ2v) is 11.6. The number of anilines is 2. The summed E-state index contributed by atoms with van der Waals surface area (Å²) >= 11 is 0. The summed E-state index contributed by atoms with van der Waals surface area (Å²) in [5, 5.41) is 5.37. The van der Waals surface area contributed by atoms with Crippen molar-refractivity contribution in [2.75, 3.05) is 23.7 Å². The molecule has 2 aliphatic rings. The van der Waals surface area contributed by atoms with E-state index in [1.54, 1.807) is 22.8 Å². The van der Waals surface area contributed by atoms with E-state index < -0.39 is 10.0 Å². The van der Waals surface area contributed by atoms with Gasteiger partial charge in [0.1, 0.15) is 5.69 Å². The summed E-state index contributed by atoms with van der Waals surface area (Å²) in [5.74, 6) is -0.635. The molecule has 2 bridgehead atoms. The van der Waals surface area contributed by atoms with Gasteiger partial charge in [0.15, 0.2) is 0 Å². The van der Waals surface area contributed by atoms with Crippen LogP contribution in [0.25, 0.3) is 0 Å². The van der Waals surface area contributed by atoms with E-state index in [0.717, 1.165) is 17.7 Å². The number of piperidine rings is 1. The Morgan fingerprint density at radius 1 is 0.919 bits per heavy atom. The van der Waals surface area contributed by atoms with Crippen molar-refractivity contribution < 1.29 is 18.0 Å². The van der Waals surface area contributed by atoms with Crippen LogP contribution in [-0.4, -0.2) is 42.2 Å². The van der Waals surface area contributed by atoms with Gasteiger partial charge in [0.05, 0.1) is 11.3 Å². The molecule has 9 nitrogen and oxygen atoms in total. The Kier molecular flexibility index (Phi) is 6.70. The van der Waals surface area contributed by atoms with Crippen molar-refractivity contribution in [2.24, 2.45) is 5.92 Å². The van der Waals surface area contributed by atoms with Crippen molar-refractivity contribution in [3.63, 3.8) is 0 Å². The Bertz CT molecular complexity index is 1500. The largest absolute Gasteiger partial charge is 0.326 e. The number of aromatic nitrogens is 1. The Balaban J connectivity index is 1.33. The van der Waals surface area contributed by atoms with Crippen molar-refractivity contribution in [3.8, 4) is 0 Å². The van der Waals surface area contributed by atoms with Crippen molar-refractivity contribution in [3.05, 3.63) is 88.3 Å². The van der Waals surface area contributed by atoms with E-state index in [0.29, 0.717) is 18.8 Å². The van der Waals surface area contributed by atoms with Gasteiger partial charge in [0.25, 0.3) is 5.56 Å². The van der Waals surface area contributed by atoms with Gasteiger partial charge in [-0.2, -0.15) is 4.31 Å². The zero-order valence-corrected chi connectivity index (χ0v) is 21.2. The van der Waals surface area contributed by atoms with Crippen LogP contribution in [0, 0.1) is 5.92 Å². The lowest BCUT2D eigenvalue weighted by Crippen LogP contribution is -2.49. The Labute approximate surface area is 215 Å². The molecule has 0 aliphatic carbocycles. The van der Waals surface area contributed by atoms with Gasteiger partial charge in [-0.1, -0.05) is 30.3 Å². The summed E-state index contributed by atoms with van der Waals surface area (Å²) in [4.78, 5) is 37.1. The molecule has 0 unspecified atom stereocenters. The molecule has 192 valence electrons. The highest BCUT2D eigenvalue weighted by molar-refractivity contribution is 7.89. The Morgan fingerprint density at radius 2 is 1.65 bits per heavy atom. The molecule has 2 atom stereocenters. The summed E-state index contributed by atoms with van der Waals surface area (Å²) in [5.41, 5.74) is 2.13. The Hall–Kier alpha value is -3.76. The number of hydrogen-bond acceptors (Lipinski definition) is 5. The summed E-state index contributed by atoms with van der Waals surface area (Å²) in [6, 6.07) is 18.9. The van der Waals surface area contributed by atoms with E-state index >= 15 is 0 Å². The molecule has 2 aliphatic heterocycles. The van der Waals surface area contributed by atoms with Crippen LogP contribution in [-0.2, 0) is 32.6 Å². The molecule has 1 aromatic heterocycles. The Morgan fingerprint density at radius 3 is 2.35 bits per heavy atom. The van der Waals surface area contributed by atoms with Gasteiger partial charge in [0.2, 0.25) is 21.8 Å². The minimum atomic E-state index is -3.74. The predicted molar refractivity (Wildman–Crippen MR) is 140 cm³/mol. The molecule has 2 amide bonds. The van der Waals surface area contributed by atoms with Crippen LogP contribution < -0.4 is 16.2 Å². The molecule has 1 fully saturated rings. The normalized spacial score (nSPS) is 19.1. The number of sulfonamides is 1. The summed E-state index contributed by atoms with van der Waals surface area (Å²) in [6.45, 7) is 2.36. The number of carbonyl (C=O) groups excluding carboxylic acids is 2. The molecule has 0 saturated carbocycles. The molecule has 5 rings (SSSR count). The molecule has 3 heterocycles. The van der Waals surface area contributed by atoms with Gasteiger partial charge in [-0.15, -0.1) is 0 Å². The van der Waals surface area contributed by atoms with Gasteiger partial charge in [-0.05, 0) is 54.3 Å². The first-order valence-corrected chi connectivity index (χ1v) is 13.6. The maximum atomic E-state index is 13.4. The fourth-order valence-electron chi connectivity index (χ4n) is 5.23. The van der Waals surface area contributed by atoms with Crippen molar-refractivity contribution in [2.45, 2.75) is 37.1 Å². The minimum absolute atomic E-state index is 0.0207. The van der Waals surface area contributed by atoms with Crippen LogP contribution in [0.3, 0.4) is 0 Å². The minimum Gasteiger partial charge on any atom is -0.326 e. The zero-order valence-electron chi connectivity index (χ0n) is 20.4. The maximum Gasteiger partial charge on any atom is 0.274 e. The standard InChI is InChI=1S/C27H28N4O5S/c1-18(32)28-22-7-9-23(10-8-22)37(35,36)30-15-20-13-21(17-30)25-12-11-24(27(34)31(25)16-20)29-26(33)14-19-5-3-2-4-6-19/h2-12,20-21H,13-17H2,1H3,(H,28,32)(H,29,33)/t20-,21-/m1/s1. The number of nitrogens with one attached hydrogen (secondary N) is 2. The highest BCUT2D eigenvalue weighted by Gasteiger charge is 2.39. The van der Waals surface area contributed by atoms with E-state index in [4.69, 9.17) is 0 Å². The molecule has 0 radical (unpaired) electrons. The summed E-state index contributed by atoms with van der Waals surface area (Å²) in [7, 11) is -3.74. The van der Waals surface area contributed by atoms with Crippen molar-refractivity contribution >= 4 is 33.2 Å². The van der Waals surface area contributed by atoms with Crippen LogP contribution in [0.1, 0.15) is 30.5 Å². The van der Waals surface area contributed by atoms with Crippen LogP contribution in [0.15, 0.2) is 76.4 Å². The topological polar surface area (TPSA) is 118 Å². The molecular formula is C27H28N4O5S. The fourth-order valence-corrected chi connectivity index (χ4v) is 6.79. The number of amides is 2. The van der Waals surface area contributed by atoms with Gasteiger partial charge in [-0.25, -0.2) is 8.42 Å². The van der Waals surface area contributed by atoms with Crippen LogP contribution in [0.4, 0.5) is 11.4 Å². The molecule has 10 heteroatoms. The van der Waals surface area contributed by atoms with Crippen LogP contribution >= 0.6 is 0 Å². The fraction of sp³-hybridized carbons (Fsp3) is 0.296. The van der Waals surface area contributed by atoms with E-state index in [9.17, 15) is 22.8 Å². The number of hydrogen-bond donors (Lipinski definition) is 2. The van der Waals surface area contributed by atoms with E-state index in [-0.39, 0.29) is 52.8 Å². The average molecular weight is 521 g/mol. The summed E-state index contributed by atoms with van der Waals surface area (Å²) < 4.78 is 29.9. The smallest absolute Gasteiger partial charge is 0.274 e. The van der Waals surface area contributed by atoms with Gasteiger partial charge in [0, 0.05) is 43.9 Å². The molecular weight excluding hydrogens is 492 g/mol. The number of rotatable bonds is 6. The second-order valence-electron chi connectivity index (χ2n) is 9.62. The van der Waals surface area contributed by atoms with Crippen molar-refractivity contribution in [1.29, 1.82) is 0 Å². The third-order valence-corrected chi connectivity index (χ3v) is 8.71. The van der Waals surface area contributed by atoms with Gasteiger partial charge >= 0.3 is 0 Å². The maximum absolute atomic E-state index is 13.4. The average Bonchev–Trinajstić information content (AvgIpc) is 2.86. The second kappa shape index (κ2) is 9.95. The highest BCUT2D eigenvalue weighted by atomic mass is 32.2. The van der Waals surface area contributed by atoms with Gasteiger partial charge in [-0.3, -0.25) is 14.4 Å². The first kappa shape index (κ1) is 24.9. The SMILES string of the molecule is CC(=O)Nc1ccc(S(=O)(=O)N2C[C@H]3C[C@H](C2)c2ccc(NC(=O)Cc4ccccc4)c(=O)n2C3)cc1. The molecule has 1 saturated heterocycles. The van der Waals surface area contributed by atoms with Gasteiger partial charge < -0.3 is 15.2 Å². The lowest BCUT2D eigenvalue weighted by atomic mass is 9.84. The molecule has 37 heavy (non-hydrogen) atoms. The number of fused-ring (bicyclic) bond motifs is 4. The molecule has 0 spiro atoms. The molecule has 2 aromatic carbocycles. The monoisotopic (exact) mass is 520 g/mol. The van der Waals surface area contributed by atoms with Crippen LogP contribution in [0.5, 0.6) is 0 Å². The molecule has 2 N–H and O–H groups in total. The third kappa shape index (κ3) is 5.21. The van der Waals surface area contributed by atoms with E-state index in [2.05, 4.69) is 10.6 Å². The third-order valence-electron chi connectivity index (χ3n) is 6.86. The highest BCUT2D eigenvalue weighted by Crippen LogP contribution is 2.37. The first-order valence-electron chi connectivity index (χ1n) is 12.2. The van der Waals surface area contributed by atoms with Crippen molar-refractivity contribution in [1.82, 2.24) is 8.87 Å². The predicted octanol–water partition coefficient (Wildman–Crippen LogP) is 2.80. The number of nitrogens with zero attached hydrogens (tertiary/aromatic N) is 2. The van der Waals surface area contributed by atoms with E-state index in [1.165, 1.54) is 23.4 Å². The number of benzene rings is 2. The zero-order chi connectivity index (χ0) is 26.2. The number of carbonyl (C=O) groups is 2. The summed E-state index contributed by atoms with van der Waals surface area (Å²) in [6.07, 6.45) is 0.971. The first-order chi connectivity index (χ1) is 17.7. The van der Waals surface area contributed by atoms with Crippen LogP contribution in [0.2, 0.25) is 0 Å². The lowest BCUT2D eigenvalue weighted by molar-refractivity contribution is -0.116. The number of pyridine rings is 1.